The van der Waals surface area contributed by atoms with Gasteiger partial charge in [0.1, 0.15) is 0 Å². The fraction of sp³-hybridized carbons (Fsp3) is 0.400. The quantitative estimate of drug-likeness (QED) is 0.648. The number of hydrogen-bond acceptors (Lipinski definition) is 6. The van der Waals surface area contributed by atoms with Crippen LogP contribution in [0.4, 0.5) is 0 Å². The van der Waals surface area contributed by atoms with Gasteiger partial charge in [-0.15, -0.1) is 0 Å². The van der Waals surface area contributed by atoms with Crippen LogP contribution in [0.2, 0.25) is 0 Å². The Balaban J connectivity index is 2.66. The number of nitrogens with zero attached hydrogens (tertiary/aromatic N) is 3. The molecule has 0 aliphatic heterocycles. The zero-order valence-corrected chi connectivity index (χ0v) is 11.0. The Bertz CT molecular complexity index is 661. The van der Waals surface area contributed by atoms with Crippen molar-refractivity contribution < 1.29 is 9.53 Å². The molecule has 8 heteroatoms. The van der Waals surface area contributed by atoms with Gasteiger partial charge in [0.05, 0.1) is 6.61 Å². The van der Waals surface area contributed by atoms with Crippen molar-refractivity contribution in [1.82, 2.24) is 19.6 Å². The Morgan fingerprint density at radius 2 is 2.22 bits per heavy atom. The molecule has 18 heavy (non-hydrogen) atoms. The number of rotatable bonds is 3. The second kappa shape index (κ2) is 4.81. The molecule has 0 fully saturated rings. The standard InChI is InChI=1S/C10H12N4O3S/c1-4-17-8(16)6-5(2)7(15)14-9(11-6)12-10(13-14)18-3/h4H2,1-3H3,(H,11,12,13). The van der Waals surface area contributed by atoms with Gasteiger partial charge in [0, 0.05) is 5.56 Å². The van der Waals surface area contributed by atoms with E-state index in [-0.39, 0.29) is 29.2 Å². The SMILES string of the molecule is CCOC(=O)c1nc2nc(SC)[nH]n2c(=O)c1C. The summed E-state index contributed by atoms with van der Waals surface area (Å²) >= 11 is 1.35. The summed E-state index contributed by atoms with van der Waals surface area (Å²) in [6, 6.07) is 0. The Morgan fingerprint density at radius 3 is 2.83 bits per heavy atom. The van der Waals surface area contributed by atoms with E-state index >= 15 is 0 Å². The molecule has 0 aromatic carbocycles. The summed E-state index contributed by atoms with van der Waals surface area (Å²) in [6.07, 6.45) is 1.82. The minimum atomic E-state index is -0.608. The molecule has 0 unspecified atom stereocenters. The molecule has 0 radical (unpaired) electrons. The van der Waals surface area contributed by atoms with E-state index in [4.69, 9.17) is 4.74 Å². The first-order valence-corrected chi connectivity index (χ1v) is 6.51. The van der Waals surface area contributed by atoms with Gasteiger partial charge >= 0.3 is 5.97 Å². The molecule has 7 nitrogen and oxygen atoms in total. The van der Waals surface area contributed by atoms with Crippen LogP contribution >= 0.6 is 11.8 Å². The van der Waals surface area contributed by atoms with E-state index in [1.165, 1.54) is 23.2 Å². The lowest BCUT2D eigenvalue weighted by molar-refractivity contribution is 0.0518. The number of carbonyl (C=O) groups is 1. The number of aromatic amines is 1. The van der Waals surface area contributed by atoms with Crippen LogP contribution in [-0.4, -0.2) is 38.4 Å². The molecule has 2 aromatic rings. The number of carbonyl (C=O) groups excluding carboxylic acids is 1. The largest absolute Gasteiger partial charge is 0.461 e. The fourth-order valence-electron chi connectivity index (χ4n) is 1.47. The van der Waals surface area contributed by atoms with Crippen LogP contribution in [0.15, 0.2) is 9.95 Å². The lowest BCUT2D eigenvalue weighted by Gasteiger charge is -2.03. The van der Waals surface area contributed by atoms with Gasteiger partial charge in [-0.25, -0.2) is 9.78 Å². The normalized spacial score (nSPS) is 10.8. The summed E-state index contributed by atoms with van der Waals surface area (Å²) in [7, 11) is 0. The van der Waals surface area contributed by atoms with Gasteiger partial charge in [-0.3, -0.25) is 9.89 Å². The number of fused-ring (bicyclic) bond motifs is 1. The average Bonchev–Trinajstić information content (AvgIpc) is 2.77. The van der Waals surface area contributed by atoms with Crippen LogP contribution in [0.3, 0.4) is 0 Å². The van der Waals surface area contributed by atoms with Crippen molar-refractivity contribution in [2.24, 2.45) is 0 Å². The first-order chi connectivity index (χ1) is 8.58. The maximum absolute atomic E-state index is 12.0. The Hall–Kier alpha value is -1.83. The van der Waals surface area contributed by atoms with Crippen molar-refractivity contribution in [2.75, 3.05) is 12.9 Å². The third kappa shape index (κ3) is 1.99. The maximum Gasteiger partial charge on any atom is 0.357 e. The van der Waals surface area contributed by atoms with Crippen LogP contribution < -0.4 is 5.56 Å². The van der Waals surface area contributed by atoms with Gasteiger partial charge in [0.15, 0.2) is 10.9 Å². The first kappa shape index (κ1) is 12.6. The minimum Gasteiger partial charge on any atom is -0.461 e. The molecule has 2 rings (SSSR count). The molecule has 0 amide bonds. The second-order valence-corrected chi connectivity index (χ2v) is 4.27. The zero-order valence-electron chi connectivity index (χ0n) is 10.2. The summed E-state index contributed by atoms with van der Waals surface area (Å²) in [5.41, 5.74) is -0.0980. The topological polar surface area (TPSA) is 89.3 Å². The number of esters is 1. The molecule has 0 aliphatic rings. The van der Waals surface area contributed by atoms with Gasteiger partial charge in [-0.05, 0) is 20.1 Å². The Labute approximate surface area is 107 Å². The number of thioether (sulfide) groups is 1. The molecule has 2 aromatic heterocycles. The molecular formula is C10H12N4O3S. The van der Waals surface area contributed by atoms with E-state index in [0.29, 0.717) is 5.16 Å². The van der Waals surface area contributed by atoms with E-state index < -0.39 is 5.97 Å². The van der Waals surface area contributed by atoms with Crippen molar-refractivity contribution >= 4 is 23.5 Å². The van der Waals surface area contributed by atoms with Gasteiger partial charge in [-0.2, -0.15) is 9.50 Å². The predicted octanol–water partition coefficient (Wildman–Crippen LogP) is 0.625. The van der Waals surface area contributed by atoms with Gasteiger partial charge in [0.25, 0.3) is 11.3 Å². The molecule has 0 spiro atoms. The highest BCUT2D eigenvalue weighted by atomic mass is 32.2. The summed E-state index contributed by atoms with van der Waals surface area (Å²) in [5, 5.41) is 3.35. The fourth-order valence-corrected chi connectivity index (χ4v) is 1.83. The molecular weight excluding hydrogens is 256 g/mol. The zero-order chi connectivity index (χ0) is 13.3. The summed E-state index contributed by atoms with van der Waals surface area (Å²) in [5.74, 6) is -0.443. The maximum atomic E-state index is 12.0. The number of ether oxygens (including phenoxy) is 1. The van der Waals surface area contributed by atoms with E-state index in [2.05, 4.69) is 15.1 Å². The van der Waals surface area contributed by atoms with E-state index in [0.717, 1.165) is 0 Å². The van der Waals surface area contributed by atoms with Crippen LogP contribution in [-0.2, 0) is 4.74 Å². The Kier molecular flexibility index (Phi) is 3.37. The number of nitrogens with one attached hydrogen (secondary N) is 1. The average molecular weight is 268 g/mol. The van der Waals surface area contributed by atoms with E-state index in [9.17, 15) is 9.59 Å². The molecule has 0 bridgehead atoms. The van der Waals surface area contributed by atoms with Crippen LogP contribution in [0.1, 0.15) is 23.0 Å². The van der Waals surface area contributed by atoms with E-state index in [1.54, 1.807) is 6.92 Å². The third-order valence-corrected chi connectivity index (χ3v) is 2.93. The van der Waals surface area contributed by atoms with Crippen molar-refractivity contribution in [1.29, 1.82) is 0 Å². The predicted molar refractivity (Wildman–Crippen MR) is 66.1 cm³/mol. The Morgan fingerprint density at radius 1 is 1.50 bits per heavy atom. The minimum absolute atomic E-state index is 0.0148. The van der Waals surface area contributed by atoms with Crippen LogP contribution in [0.25, 0.3) is 5.78 Å². The summed E-state index contributed by atoms with van der Waals surface area (Å²) < 4.78 is 6.07. The van der Waals surface area contributed by atoms with E-state index in [1.807, 2.05) is 6.26 Å². The molecule has 2 heterocycles. The number of H-pyrrole nitrogens is 1. The second-order valence-electron chi connectivity index (χ2n) is 3.48. The van der Waals surface area contributed by atoms with Crippen molar-refractivity contribution in [3.05, 3.63) is 21.6 Å². The number of hydrogen-bond donors (Lipinski definition) is 1. The molecule has 0 saturated heterocycles. The lowest BCUT2D eigenvalue weighted by atomic mass is 10.2. The first-order valence-electron chi connectivity index (χ1n) is 5.29. The molecule has 96 valence electrons. The highest BCUT2D eigenvalue weighted by Gasteiger charge is 2.18. The molecule has 0 saturated carbocycles. The monoisotopic (exact) mass is 268 g/mol. The molecule has 0 atom stereocenters. The van der Waals surface area contributed by atoms with Crippen LogP contribution in [0, 0.1) is 6.92 Å². The number of aromatic nitrogens is 4. The summed E-state index contributed by atoms with van der Waals surface area (Å²) in [4.78, 5) is 31.8. The lowest BCUT2D eigenvalue weighted by Crippen LogP contribution is -2.23. The van der Waals surface area contributed by atoms with Gasteiger partial charge in [0.2, 0.25) is 0 Å². The van der Waals surface area contributed by atoms with Gasteiger partial charge in [-0.1, -0.05) is 11.8 Å². The highest BCUT2D eigenvalue weighted by Crippen LogP contribution is 2.10. The molecule has 1 N–H and O–H groups in total. The summed E-state index contributed by atoms with van der Waals surface area (Å²) in [6.45, 7) is 3.46. The third-order valence-electron chi connectivity index (χ3n) is 2.36. The van der Waals surface area contributed by atoms with Crippen molar-refractivity contribution in [3.63, 3.8) is 0 Å². The smallest absolute Gasteiger partial charge is 0.357 e. The van der Waals surface area contributed by atoms with Gasteiger partial charge < -0.3 is 4.74 Å². The van der Waals surface area contributed by atoms with Crippen molar-refractivity contribution in [3.8, 4) is 0 Å². The highest BCUT2D eigenvalue weighted by molar-refractivity contribution is 7.98. The molecule has 0 aliphatic carbocycles. The van der Waals surface area contributed by atoms with Crippen LogP contribution in [0.5, 0.6) is 0 Å². The van der Waals surface area contributed by atoms with Crippen molar-refractivity contribution in [2.45, 2.75) is 19.0 Å².